The van der Waals surface area contributed by atoms with E-state index in [9.17, 15) is 4.79 Å². The highest BCUT2D eigenvalue weighted by Crippen LogP contribution is 2.28. The number of nitrogens with zero attached hydrogens (tertiary/aromatic N) is 5. The van der Waals surface area contributed by atoms with Gasteiger partial charge in [-0.1, -0.05) is 50.2 Å². The van der Waals surface area contributed by atoms with Gasteiger partial charge in [-0.2, -0.15) is 9.61 Å². The van der Waals surface area contributed by atoms with Crippen molar-refractivity contribution in [3.63, 3.8) is 0 Å². The Hall–Kier alpha value is -3.74. The lowest BCUT2D eigenvalue weighted by atomic mass is 10.1. The average molecular weight is 446 g/mol. The van der Waals surface area contributed by atoms with Crippen LogP contribution in [0.5, 0.6) is 0 Å². The number of benzene rings is 1. The minimum Gasteiger partial charge on any atom is -0.443 e. The number of pyridine rings is 1. The van der Waals surface area contributed by atoms with E-state index in [2.05, 4.69) is 10.1 Å². The van der Waals surface area contributed by atoms with E-state index in [-0.39, 0.29) is 6.54 Å². The molecule has 0 spiro atoms. The van der Waals surface area contributed by atoms with Crippen molar-refractivity contribution in [3.05, 3.63) is 78.2 Å². The molecule has 0 fully saturated rings. The number of hydrogen-bond acceptors (Lipinski definition) is 5. The highest BCUT2D eigenvalue weighted by atomic mass is 16.6. The number of anilines is 1. The van der Waals surface area contributed by atoms with Gasteiger partial charge in [0.1, 0.15) is 11.4 Å². The lowest BCUT2D eigenvalue weighted by molar-refractivity contribution is 0.0575. The predicted octanol–water partition coefficient (Wildman–Crippen LogP) is 6.07. The molecule has 0 atom stereocenters. The number of fused-ring (bicyclic) bond motifs is 1. The third kappa shape index (κ3) is 5.74. The van der Waals surface area contributed by atoms with Gasteiger partial charge in [0, 0.05) is 29.6 Å². The van der Waals surface area contributed by atoms with E-state index in [1.807, 2.05) is 90.1 Å². The summed E-state index contributed by atoms with van der Waals surface area (Å²) < 4.78 is 7.42. The zero-order chi connectivity index (χ0) is 24.0. The number of hydrogen-bond donors (Lipinski definition) is 0. The standard InChI is InChI=1S/C24H25N5O2.C2H6/c1-17-14-26-29-21(13-20(27-22(17)29)19-10-6-5-7-11-19)28(23(30)31-24(2,3)4)16-18-9-8-12-25-15-18;1-2/h5-15H,16H2,1-4H3;1-2H3. The molecule has 0 radical (unpaired) electrons. The van der Waals surface area contributed by atoms with Crippen LogP contribution in [0.2, 0.25) is 0 Å². The van der Waals surface area contributed by atoms with Crippen LogP contribution in [0.4, 0.5) is 10.6 Å². The van der Waals surface area contributed by atoms with Crippen molar-refractivity contribution in [3.8, 4) is 11.3 Å². The first kappa shape index (κ1) is 23.9. The van der Waals surface area contributed by atoms with Crippen LogP contribution in [0, 0.1) is 6.92 Å². The quantitative estimate of drug-likeness (QED) is 0.381. The molecule has 1 aromatic carbocycles. The molecule has 3 heterocycles. The highest BCUT2D eigenvalue weighted by Gasteiger charge is 2.27. The molecule has 172 valence electrons. The van der Waals surface area contributed by atoms with Gasteiger partial charge in [0.25, 0.3) is 0 Å². The van der Waals surface area contributed by atoms with Crippen molar-refractivity contribution in [1.29, 1.82) is 0 Å². The molecule has 0 saturated carbocycles. The van der Waals surface area contributed by atoms with Crippen LogP contribution in [0.1, 0.15) is 45.7 Å². The van der Waals surface area contributed by atoms with Crippen molar-refractivity contribution >= 4 is 17.6 Å². The van der Waals surface area contributed by atoms with Gasteiger partial charge >= 0.3 is 6.09 Å². The number of ether oxygens (including phenoxy) is 1. The molecule has 4 aromatic rings. The fraction of sp³-hybridized carbons (Fsp3) is 0.308. The van der Waals surface area contributed by atoms with E-state index < -0.39 is 11.7 Å². The molecule has 33 heavy (non-hydrogen) atoms. The molecular formula is C26H31N5O2. The molecular weight excluding hydrogens is 414 g/mol. The number of aryl methyl sites for hydroxylation is 1. The zero-order valence-electron chi connectivity index (χ0n) is 20.1. The summed E-state index contributed by atoms with van der Waals surface area (Å²) in [4.78, 5) is 23.8. The summed E-state index contributed by atoms with van der Waals surface area (Å²) >= 11 is 0. The molecule has 0 aliphatic carbocycles. The summed E-state index contributed by atoms with van der Waals surface area (Å²) in [7, 11) is 0. The maximum atomic E-state index is 13.3. The maximum absolute atomic E-state index is 13.3. The summed E-state index contributed by atoms with van der Waals surface area (Å²) in [5.41, 5.74) is 3.56. The molecule has 0 unspecified atom stereocenters. The van der Waals surface area contributed by atoms with Gasteiger partial charge in [-0.05, 0) is 39.3 Å². The fourth-order valence-electron chi connectivity index (χ4n) is 3.24. The van der Waals surface area contributed by atoms with E-state index in [0.717, 1.165) is 22.4 Å². The van der Waals surface area contributed by atoms with E-state index in [4.69, 9.17) is 9.72 Å². The van der Waals surface area contributed by atoms with Crippen LogP contribution in [-0.2, 0) is 11.3 Å². The van der Waals surface area contributed by atoms with Crippen LogP contribution < -0.4 is 4.90 Å². The predicted molar refractivity (Wildman–Crippen MR) is 131 cm³/mol. The van der Waals surface area contributed by atoms with E-state index in [0.29, 0.717) is 11.5 Å². The monoisotopic (exact) mass is 445 g/mol. The topological polar surface area (TPSA) is 72.6 Å². The normalized spacial score (nSPS) is 11.0. The smallest absolute Gasteiger partial charge is 0.416 e. The summed E-state index contributed by atoms with van der Waals surface area (Å²) in [5, 5.41) is 4.48. The number of rotatable bonds is 4. The average Bonchev–Trinajstić information content (AvgIpc) is 3.19. The van der Waals surface area contributed by atoms with Gasteiger partial charge in [-0.15, -0.1) is 0 Å². The van der Waals surface area contributed by atoms with Crippen LogP contribution in [-0.4, -0.2) is 31.3 Å². The Kier molecular flexibility index (Phi) is 7.43. The van der Waals surface area contributed by atoms with Crippen LogP contribution >= 0.6 is 0 Å². The Morgan fingerprint density at radius 2 is 1.79 bits per heavy atom. The Balaban J connectivity index is 0.00000149. The molecule has 0 saturated heterocycles. The van der Waals surface area contributed by atoms with Gasteiger partial charge in [0.15, 0.2) is 5.65 Å². The van der Waals surface area contributed by atoms with E-state index in [1.165, 1.54) is 0 Å². The number of aromatic nitrogens is 4. The Morgan fingerprint density at radius 3 is 2.42 bits per heavy atom. The second-order valence-corrected chi connectivity index (χ2v) is 8.36. The largest absolute Gasteiger partial charge is 0.443 e. The van der Waals surface area contributed by atoms with Crippen LogP contribution in [0.25, 0.3) is 16.9 Å². The van der Waals surface area contributed by atoms with Crippen molar-refractivity contribution < 1.29 is 9.53 Å². The van der Waals surface area contributed by atoms with Crippen LogP contribution in [0.15, 0.2) is 67.1 Å². The third-order valence-corrected chi connectivity index (χ3v) is 4.65. The molecule has 7 nitrogen and oxygen atoms in total. The number of amides is 1. The van der Waals surface area contributed by atoms with Gasteiger partial charge in [0.2, 0.25) is 0 Å². The Morgan fingerprint density at radius 1 is 1.06 bits per heavy atom. The lowest BCUT2D eigenvalue weighted by Gasteiger charge is -2.28. The first-order chi connectivity index (χ1) is 15.8. The molecule has 0 bridgehead atoms. The molecule has 3 aromatic heterocycles. The SMILES string of the molecule is CC.Cc1cnn2c(N(Cc3cccnc3)C(=O)OC(C)(C)C)cc(-c3ccccc3)nc12. The summed E-state index contributed by atoms with van der Waals surface area (Å²) in [5.74, 6) is 0.579. The minimum atomic E-state index is -0.640. The molecule has 0 aliphatic heterocycles. The van der Waals surface area contributed by atoms with Gasteiger partial charge in [-0.3, -0.25) is 9.88 Å². The number of carbonyl (C=O) groups is 1. The minimum absolute atomic E-state index is 0.287. The van der Waals surface area contributed by atoms with Gasteiger partial charge < -0.3 is 4.74 Å². The molecule has 4 rings (SSSR count). The summed E-state index contributed by atoms with van der Waals surface area (Å²) in [6, 6.07) is 15.5. The second-order valence-electron chi connectivity index (χ2n) is 8.36. The van der Waals surface area contributed by atoms with Crippen molar-refractivity contribution in [2.45, 2.75) is 53.7 Å². The highest BCUT2D eigenvalue weighted by molar-refractivity contribution is 5.88. The van der Waals surface area contributed by atoms with Crippen LogP contribution in [0.3, 0.4) is 0 Å². The first-order valence-corrected chi connectivity index (χ1v) is 11.1. The van der Waals surface area contributed by atoms with E-state index in [1.54, 1.807) is 28.0 Å². The Labute approximate surface area is 195 Å². The molecule has 1 amide bonds. The second kappa shape index (κ2) is 10.3. The fourth-order valence-corrected chi connectivity index (χ4v) is 3.24. The maximum Gasteiger partial charge on any atom is 0.416 e. The lowest BCUT2D eigenvalue weighted by Crippen LogP contribution is -2.37. The first-order valence-electron chi connectivity index (χ1n) is 11.1. The summed E-state index contributed by atoms with van der Waals surface area (Å²) in [6.45, 7) is 11.8. The van der Waals surface area contributed by atoms with Gasteiger partial charge in [0.05, 0.1) is 18.4 Å². The molecule has 7 heteroatoms. The Bertz CT molecular complexity index is 1200. The van der Waals surface area contributed by atoms with Gasteiger partial charge in [-0.25, -0.2) is 9.78 Å². The van der Waals surface area contributed by atoms with Crippen molar-refractivity contribution in [2.24, 2.45) is 0 Å². The van der Waals surface area contributed by atoms with Crippen molar-refractivity contribution in [1.82, 2.24) is 19.6 Å². The van der Waals surface area contributed by atoms with Crippen molar-refractivity contribution in [2.75, 3.05) is 4.90 Å². The molecule has 0 aliphatic rings. The summed E-state index contributed by atoms with van der Waals surface area (Å²) in [6.07, 6.45) is 4.73. The zero-order valence-corrected chi connectivity index (χ0v) is 20.1. The third-order valence-electron chi connectivity index (χ3n) is 4.65. The number of carbonyl (C=O) groups excluding carboxylic acids is 1. The molecule has 0 N–H and O–H groups in total. The van der Waals surface area contributed by atoms with E-state index >= 15 is 0 Å².